The lowest BCUT2D eigenvalue weighted by molar-refractivity contribution is 0.0697. The summed E-state index contributed by atoms with van der Waals surface area (Å²) in [6.45, 7) is 0. The summed E-state index contributed by atoms with van der Waals surface area (Å²) in [5.41, 5.74) is 2.13. The summed E-state index contributed by atoms with van der Waals surface area (Å²) in [6.07, 6.45) is 0. The summed E-state index contributed by atoms with van der Waals surface area (Å²) in [4.78, 5) is 11.3. The van der Waals surface area contributed by atoms with Gasteiger partial charge in [0.2, 0.25) is 5.88 Å². The van der Waals surface area contributed by atoms with Crippen LogP contribution in [0.4, 0.5) is 15.8 Å². The SMILES string of the molecule is COc1ccc(-n2c(O)c(N=Nc3cccc(-c4cccc(C(=O)O)c4)c3O)c3ccccc32)cc1F. The average Bonchev–Trinajstić information content (AvgIpc) is 3.19. The van der Waals surface area contributed by atoms with E-state index in [1.807, 2.05) is 0 Å². The Hall–Kier alpha value is -5.18. The van der Waals surface area contributed by atoms with Crippen molar-refractivity contribution in [3.63, 3.8) is 0 Å². The number of hydrogen-bond acceptors (Lipinski definition) is 6. The van der Waals surface area contributed by atoms with Crippen LogP contribution >= 0.6 is 0 Å². The van der Waals surface area contributed by atoms with Crippen molar-refractivity contribution in [1.82, 2.24) is 4.57 Å². The number of halogens is 1. The van der Waals surface area contributed by atoms with E-state index < -0.39 is 11.8 Å². The molecule has 0 radical (unpaired) electrons. The van der Waals surface area contributed by atoms with Gasteiger partial charge in [-0.2, -0.15) is 0 Å². The number of para-hydroxylation sites is 2. The van der Waals surface area contributed by atoms with Gasteiger partial charge in [-0.15, -0.1) is 10.2 Å². The van der Waals surface area contributed by atoms with E-state index in [-0.39, 0.29) is 34.3 Å². The zero-order chi connectivity index (χ0) is 26.1. The minimum absolute atomic E-state index is 0.0730. The highest BCUT2D eigenvalue weighted by molar-refractivity contribution is 5.96. The third-order valence-corrected chi connectivity index (χ3v) is 5.91. The van der Waals surface area contributed by atoms with Crippen molar-refractivity contribution in [2.75, 3.05) is 7.11 Å². The van der Waals surface area contributed by atoms with Crippen LogP contribution in [0.2, 0.25) is 0 Å². The summed E-state index contributed by atoms with van der Waals surface area (Å²) in [5, 5.41) is 40.2. The van der Waals surface area contributed by atoms with Gasteiger partial charge in [-0.25, -0.2) is 9.18 Å². The maximum Gasteiger partial charge on any atom is 0.335 e. The molecule has 0 unspecified atom stereocenters. The topological polar surface area (TPSA) is 117 Å². The molecule has 8 nitrogen and oxygen atoms in total. The molecule has 1 heterocycles. The molecule has 0 spiro atoms. The molecule has 1 aromatic heterocycles. The van der Waals surface area contributed by atoms with E-state index in [1.165, 1.54) is 35.9 Å². The van der Waals surface area contributed by atoms with Crippen LogP contribution in [0.5, 0.6) is 17.4 Å². The zero-order valence-corrected chi connectivity index (χ0v) is 19.5. The Kier molecular flexibility index (Phi) is 6.02. The first-order valence-electron chi connectivity index (χ1n) is 11.1. The summed E-state index contributed by atoms with van der Waals surface area (Å²) >= 11 is 0. The monoisotopic (exact) mass is 497 g/mol. The first-order chi connectivity index (χ1) is 17.9. The fourth-order valence-electron chi connectivity index (χ4n) is 4.13. The Balaban J connectivity index is 1.59. The van der Waals surface area contributed by atoms with Crippen molar-refractivity contribution < 1.29 is 29.2 Å². The number of aromatic hydroxyl groups is 2. The largest absolute Gasteiger partial charge is 0.505 e. The molecule has 0 atom stereocenters. The van der Waals surface area contributed by atoms with Crippen molar-refractivity contribution >= 4 is 28.2 Å². The van der Waals surface area contributed by atoms with Gasteiger partial charge in [0.25, 0.3) is 0 Å². The van der Waals surface area contributed by atoms with Gasteiger partial charge < -0.3 is 20.1 Å². The van der Waals surface area contributed by atoms with E-state index in [1.54, 1.807) is 60.7 Å². The van der Waals surface area contributed by atoms with Crippen LogP contribution in [0.25, 0.3) is 27.7 Å². The van der Waals surface area contributed by atoms with Crippen LogP contribution in [0, 0.1) is 5.82 Å². The molecule has 0 bridgehead atoms. The molecule has 184 valence electrons. The molecule has 0 saturated carbocycles. The van der Waals surface area contributed by atoms with Gasteiger partial charge in [0.15, 0.2) is 23.0 Å². The number of aromatic nitrogens is 1. The quantitative estimate of drug-likeness (QED) is 0.219. The van der Waals surface area contributed by atoms with Gasteiger partial charge >= 0.3 is 5.97 Å². The lowest BCUT2D eigenvalue weighted by Gasteiger charge is -2.09. The molecular formula is C28H20FN3O5. The van der Waals surface area contributed by atoms with Crippen LogP contribution in [-0.2, 0) is 0 Å². The number of carbonyl (C=O) groups is 1. The molecule has 0 aliphatic heterocycles. The summed E-state index contributed by atoms with van der Waals surface area (Å²) in [7, 11) is 1.37. The number of carboxylic acid groups (broad SMARTS) is 1. The number of azo groups is 1. The lowest BCUT2D eigenvalue weighted by atomic mass is 10.0. The van der Waals surface area contributed by atoms with E-state index in [4.69, 9.17) is 4.74 Å². The molecule has 9 heteroatoms. The molecule has 5 aromatic rings. The zero-order valence-electron chi connectivity index (χ0n) is 19.5. The lowest BCUT2D eigenvalue weighted by Crippen LogP contribution is -1.96. The molecule has 3 N–H and O–H groups in total. The smallest absolute Gasteiger partial charge is 0.335 e. The van der Waals surface area contributed by atoms with Crippen molar-refractivity contribution in [2.45, 2.75) is 0 Å². The summed E-state index contributed by atoms with van der Waals surface area (Å²) < 4.78 is 20.8. The second kappa shape index (κ2) is 9.46. The van der Waals surface area contributed by atoms with Crippen LogP contribution in [0.15, 0.2) is 95.2 Å². The predicted molar refractivity (Wildman–Crippen MR) is 136 cm³/mol. The number of aromatic carboxylic acids is 1. The van der Waals surface area contributed by atoms with Crippen LogP contribution in [0.1, 0.15) is 10.4 Å². The molecule has 4 aromatic carbocycles. The minimum Gasteiger partial charge on any atom is -0.505 e. The Bertz CT molecular complexity index is 1690. The summed E-state index contributed by atoms with van der Waals surface area (Å²) in [6, 6.07) is 22.4. The number of phenols is 1. The van der Waals surface area contributed by atoms with Gasteiger partial charge in [-0.3, -0.25) is 4.57 Å². The first kappa shape index (κ1) is 23.6. The normalized spacial score (nSPS) is 11.3. The fourth-order valence-corrected chi connectivity index (χ4v) is 4.13. The van der Waals surface area contributed by atoms with Crippen LogP contribution in [-0.4, -0.2) is 33.0 Å². The van der Waals surface area contributed by atoms with Gasteiger partial charge in [0, 0.05) is 17.0 Å². The first-order valence-corrected chi connectivity index (χ1v) is 11.1. The Labute approximate surface area is 210 Å². The molecule has 5 rings (SSSR count). The summed E-state index contributed by atoms with van der Waals surface area (Å²) in [5.74, 6) is -2.06. The van der Waals surface area contributed by atoms with Gasteiger partial charge in [0.05, 0.1) is 23.9 Å². The highest BCUT2D eigenvalue weighted by atomic mass is 19.1. The number of rotatable bonds is 6. The molecule has 37 heavy (non-hydrogen) atoms. The van der Waals surface area contributed by atoms with Crippen molar-refractivity contribution in [2.24, 2.45) is 10.2 Å². The third-order valence-electron chi connectivity index (χ3n) is 5.91. The number of carboxylic acids is 1. The number of fused-ring (bicyclic) bond motifs is 1. The van der Waals surface area contributed by atoms with E-state index >= 15 is 0 Å². The van der Waals surface area contributed by atoms with E-state index in [9.17, 15) is 24.5 Å². The molecular weight excluding hydrogens is 477 g/mol. The van der Waals surface area contributed by atoms with E-state index in [2.05, 4.69) is 10.2 Å². The average molecular weight is 497 g/mol. The maximum atomic E-state index is 14.4. The van der Waals surface area contributed by atoms with E-state index in [0.29, 0.717) is 27.7 Å². The van der Waals surface area contributed by atoms with Crippen LogP contribution < -0.4 is 4.74 Å². The standard InChI is InChI=1S/C28H20FN3O5/c1-37-24-13-12-18(15-21(24)29)32-23-11-3-2-8-20(23)25(27(32)34)31-30-22-10-5-9-19(26(22)33)16-6-4-7-17(14-16)28(35)36/h2-15,33-34H,1H3,(H,35,36). The second-order valence-corrected chi connectivity index (χ2v) is 8.10. The third kappa shape index (κ3) is 4.23. The number of hydrogen-bond donors (Lipinski definition) is 3. The van der Waals surface area contributed by atoms with Crippen LogP contribution in [0.3, 0.4) is 0 Å². The van der Waals surface area contributed by atoms with Gasteiger partial charge in [0.1, 0.15) is 5.69 Å². The van der Waals surface area contributed by atoms with Gasteiger partial charge in [-0.05, 0) is 42.0 Å². The van der Waals surface area contributed by atoms with Crippen molar-refractivity contribution in [1.29, 1.82) is 0 Å². The number of nitrogens with zero attached hydrogens (tertiary/aromatic N) is 3. The highest BCUT2D eigenvalue weighted by Gasteiger charge is 2.19. The predicted octanol–water partition coefficient (Wildman–Crippen LogP) is 6.97. The van der Waals surface area contributed by atoms with Crippen molar-refractivity contribution in [3.05, 3.63) is 96.3 Å². The molecule has 0 fully saturated rings. The number of ether oxygens (including phenoxy) is 1. The van der Waals surface area contributed by atoms with Crippen molar-refractivity contribution in [3.8, 4) is 34.2 Å². The number of benzene rings is 4. The maximum absolute atomic E-state index is 14.4. The second-order valence-electron chi connectivity index (χ2n) is 8.10. The molecule has 0 aliphatic rings. The molecule has 0 saturated heterocycles. The Morgan fingerprint density at radius 3 is 2.46 bits per heavy atom. The fraction of sp³-hybridized carbons (Fsp3) is 0.0357. The van der Waals surface area contributed by atoms with E-state index in [0.717, 1.165) is 0 Å². The molecule has 0 aliphatic carbocycles. The number of methoxy groups -OCH3 is 1. The number of phenolic OH excluding ortho intramolecular Hbond substituents is 1. The minimum atomic E-state index is -1.08. The van der Waals surface area contributed by atoms with Gasteiger partial charge in [-0.1, -0.05) is 42.5 Å². The highest BCUT2D eigenvalue weighted by Crippen LogP contribution is 2.43. The Morgan fingerprint density at radius 2 is 1.70 bits per heavy atom. The Morgan fingerprint density at radius 1 is 0.919 bits per heavy atom. The molecule has 0 amide bonds.